The molecule has 164 valence electrons. The molecule has 1 saturated heterocycles. The molecule has 2 N–H and O–H groups in total. The van der Waals surface area contributed by atoms with E-state index in [2.05, 4.69) is 23.6 Å². The van der Waals surface area contributed by atoms with Crippen molar-refractivity contribution in [2.24, 2.45) is 5.92 Å². The van der Waals surface area contributed by atoms with E-state index in [1.165, 1.54) is 5.56 Å². The molecule has 2 atom stereocenters. The van der Waals surface area contributed by atoms with Gasteiger partial charge in [0.05, 0.1) is 6.61 Å². The Morgan fingerprint density at radius 1 is 1.27 bits per heavy atom. The van der Waals surface area contributed by atoms with E-state index in [-0.39, 0.29) is 24.3 Å². The molecule has 1 aliphatic carbocycles. The molecule has 2 aliphatic rings. The van der Waals surface area contributed by atoms with E-state index >= 15 is 0 Å². The highest BCUT2D eigenvalue weighted by Crippen LogP contribution is 2.38. The Balaban J connectivity index is 1.44. The molecule has 1 spiro atoms. The van der Waals surface area contributed by atoms with Gasteiger partial charge in [-0.15, -0.1) is 0 Å². The molecule has 0 radical (unpaired) electrons. The van der Waals surface area contributed by atoms with Gasteiger partial charge in [-0.2, -0.15) is 0 Å². The molecule has 1 aliphatic heterocycles. The Hall–Kier alpha value is -2.57. The number of ether oxygens (including phenoxy) is 1. The fourth-order valence-electron chi connectivity index (χ4n) is 4.47. The van der Waals surface area contributed by atoms with Crippen LogP contribution in [0.3, 0.4) is 0 Å². The summed E-state index contributed by atoms with van der Waals surface area (Å²) < 4.78 is 5.85. The summed E-state index contributed by atoms with van der Waals surface area (Å²) in [4.78, 5) is 38.6. The van der Waals surface area contributed by atoms with Crippen LogP contribution >= 0.6 is 0 Å². The lowest BCUT2D eigenvalue weighted by atomic mass is 9.73. The fraction of sp³-hybridized carbons (Fsp3) is 0.609. The van der Waals surface area contributed by atoms with Crippen LogP contribution in [0.4, 0.5) is 4.79 Å². The van der Waals surface area contributed by atoms with Crippen molar-refractivity contribution in [2.45, 2.75) is 65.3 Å². The third kappa shape index (κ3) is 4.45. The summed E-state index contributed by atoms with van der Waals surface area (Å²) in [6, 6.07) is 3.68. The van der Waals surface area contributed by atoms with E-state index in [1.54, 1.807) is 0 Å². The smallest absolute Gasteiger partial charge is 0.325 e. The van der Waals surface area contributed by atoms with Crippen LogP contribution in [0, 0.1) is 26.7 Å². The van der Waals surface area contributed by atoms with Crippen LogP contribution in [0.15, 0.2) is 12.1 Å². The van der Waals surface area contributed by atoms with Crippen molar-refractivity contribution in [3.05, 3.63) is 28.8 Å². The summed E-state index contributed by atoms with van der Waals surface area (Å²) in [5, 5.41) is 5.65. The number of nitrogens with one attached hydrogen (secondary N) is 2. The van der Waals surface area contributed by atoms with E-state index in [0.29, 0.717) is 26.0 Å². The molecular formula is C23H33N3O4. The van der Waals surface area contributed by atoms with Crippen LogP contribution in [0.2, 0.25) is 0 Å². The average molecular weight is 416 g/mol. The second kappa shape index (κ2) is 9.06. The standard InChI is InChI=1S/C23H33N3O4/c1-15-12-16(2)18(4)19(13-15)30-11-7-10-24-20(27)14-26-21(28)23(25-22(26)29)9-6-5-8-17(23)3/h12-13,17H,5-11,14H2,1-4H3,(H,24,27)(H,25,29)/t17-,23-/m0/s1. The van der Waals surface area contributed by atoms with Crippen LogP contribution < -0.4 is 15.4 Å². The molecule has 0 bridgehead atoms. The molecule has 0 aromatic heterocycles. The van der Waals surface area contributed by atoms with Gasteiger partial charge in [0, 0.05) is 6.54 Å². The first kappa shape index (κ1) is 22.1. The third-order valence-corrected chi connectivity index (χ3v) is 6.47. The minimum atomic E-state index is -0.826. The van der Waals surface area contributed by atoms with Gasteiger partial charge in [-0.3, -0.25) is 14.5 Å². The Morgan fingerprint density at radius 3 is 2.77 bits per heavy atom. The van der Waals surface area contributed by atoms with Gasteiger partial charge in [-0.05, 0) is 68.7 Å². The van der Waals surface area contributed by atoms with Crippen molar-refractivity contribution >= 4 is 17.8 Å². The predicted molar refractivity (Wildman–Crippen MR) is 114 cm³/mol. The molecule has 4 amide bonds. The van der Waals surface area contributed by atoms with Crippen molar-refractivity contribution in [1.82, 2.24) is 15.5 Å². The summed E-state index contributed by atoms with van der Waals surface area (Å²) in [5.41, 5.74) is 2.64. The molecule has 1 saturated carbocycles. The Kier molecular flexibility index (Phi) is 6.68. The zero-order valence-electron chi connectivity index (χ0n) is 18.5. The van der Waals surface area contributed by atoms with Crippen molar-refractivity contribution in [3.8, 4) is 5.75 Å². The first-order chi connectivity index (χ1) is 14.2. The van der Waals surface area contributed by atoms with Crippen LogP contribution in [-0.4, -0.2) is 48.0 Å². The van der Waals surface area contributed by atoms with Crippen LogP contribution in [0.1, 0.15) is 55.7 Å². The number of urea groups is 1. The van der Waals surface area contributed by atoms with Crippen LogP contribution in [-0.2, 0) is 9.59 Å². The molecule has 0 unspecified atom stereocenters. The lowest BCUT2D eigenvalue weighted by Gasteiger charge is -2.36. The molecule has 1 aromatic rings. The van der Waals surface area contributed by atoms with Crippen LogP contribution in [0.5, 0.6) is 5.75 Å². The molecule has 2 fully saturated rings. The zero-order valence-corrected chi connectivity index (χ0v) is 18.5. The van der Waals surface area contributed by atoms with Gasteiger partial charge in [-0.1, -0.05) is 25.8 Å². The Labute approximate surface area is 178 Å². The average Bonchev–Trinajstić information content (AvgIpc) is 2.92. The number of hydrogen-bond donors (Lipinski definition) is 2. The Bertz CT molecular complexity index is 838. The largest absolute Gasteiger partial charge is 0.493 e. The van der Waals surface area contributed by atoms with Gasteiger partial charge < -0.3 is 15.4 Å². The van der Waals surface area contributed by atoms with Crippen molar-refractivity contribution in [1.29, 1.82) is 0 Å². The first-order valence-electron chi connectivity index (χ1n) is 10.9. The van der Waals surface area contributed by atoms with E-state index in [9.17, 15) is 14.4 Å². The highest BCUT2D eigenvalue weighted by atomic mass is 16.5. The summed E-state index contributed by atoms with van der Waals surface area (Å²) in [6.45, 7) is 8.79. The molecule has 1 heterocycles. The molecule has 30 heavy (non-hydrogen) atoms. The van der Waals surface area contributed by atoms with Gasteiger partial charge in [-0.25, -0.2) is 4.79 Å². The number of imide groups is 1. The van der Waals surface area contributed by atoms with Gasteiger partial charge >= 0.3 is 6.03 Å². The van der Waals surface area contributed by atoms with Crippen molar-refractivity contribution in [2.75, 3.05) is 19.7 Å². The number of carbonyl (C=O) groups is 3. The second-order valence-corrected chi connectivity index (χ2v) is 8.70. The lowest BCUT2D eigenvalue weighted by molar-refractivity contribution is -0.137. The minimum Gasteiger partial charge on any atom is -0.493 e. The van der Waals surface area contributed by atoms with Gasteiger partial charge in [0.15, 0.2) is 0 Å². The highest BCUT2D eigenvalue weighted by Gasteiger charge is 2.55. The van der Waals surface area contributed by atoms with Gasteiger partial charge in [0.1, 0.15) is 17.8 Å². The number of rotatable bonds is 7. The first-order valence-corrected chi connectivity index (χ1v) is 10.9. The summed E-state index contributed by atoms with van der Waals surface area (Å²) >= 11 is 0. The number of amides is 4. The number of hydrogen-bond acceptors (Lipinski definition) is 4. The monoisotopic (exact) mass is 415 g/mol. The molecule has 7 heteroatoms. The summed E-state index contributed by atoms with van der Waals surface area (Å²) in [5.74, 6) is 0.358. The molecule has 3 rings (SSSR count). The number of nitrogens with zero attached hydrogens (tertiary/aromatic N) is 1. The third-order valence-electron chi connectivity index (χ3n) is 6.47. The second-order valence-electron chi connectivity index (χ2n) is 8.70. The zero-order chi connectivity index (χ0) is 21.9. The number of aryl methyl sites for hydroxylation is 2. The topological polar surface area (TPSA) is 87.7 Å². The summed E-state index contributed by atoms with van der Waals surface area (Å²) in [7, 11) is 0. The highest BCUT2D eigenvalue weighted by molar-refractivity contribution is 6.09. The quantitative estimate of drug-likeness (QED) is 0.529. The maximum atomic E-state index is 12.9. The van der Waals surface area contributed by atoms with Crippen LogP contribution in [0.25, 0.3) is 0 Å². The molecule has 7 nitrogen and oxygen atoms in total. The maximum Gasteiger partial charge on any atom is 0.325 e. The maximum absolute atomic E-state index is 12.9. The van der Waals surface area contributed by atoms with E-state index in [1.807, 2.05) is 26.8 Å². The van der Waals surface area contributed by atoms with Gasteiger partial charge in [0.2, 0.25) is 5.91 Å². The normalized spacial score (nSPS) is 23.6. The van der Waals surface area contributed by atoms with Gasteiger partial charge in [0.25, 0.3) is 5.91 Å². The Morgan fingerprint density at radius 2 is 2.03 bits per heavy atom. The summed E-state index contributed by atoms with van der Waals surface area (Å²) in [6.07, 6.45) is 4.17. The number of benzene rings is 1. The molecular weight excluding hydrogens is 382 g/mol. The predicted octanol–water partition coefficient (Wildman–Crippen LogP) is 3.00. The van der Waals surface area contributed by atoms with E-state index in [4.69, 9.17) is 4.74 Å². The minimum absolute atomic E-state index is 0.0848. The molecule has 1 aromatic carbocycles. The SMILES string of the molecule is Cc1cc(C)c(C)c(OCCCNC(=O)CN2C(=O)N[C@]3(CCCC[C@@H]3C)C2=O)c1. The lowest BCUT2D eigenvalue weighted by Crippen LogP contribution is -2.54. The van der Waals surface area contributed by atoms with Crippen molar-refractivity contribution in [3.63, 3.8) is 0 Å². The van der Waals surface area contributed by atoms with E-state index in [0.717, 1.165) is 41.0 Å². The fourth-order valence-corrected chi connectivity index (χ4v) is 4.47. The van der Waals surface area contributed by atoms with Crippen molar-refractivity contribution < 1.29 is 19.1 Å². The van der Waals surface area contributed by atoms with E-state index < -0.39 is 11.6 Å². The number of carbonyl (C=O) groups excluding carboxylic acids is 3.